The molecule has 0 saturated carbocycles. The largest absolute Gasteiger partial charge is 0.454 e. The predicted octanol–water partition coefficient (Wildman–Crippen LogP) is -3.36. The number of ether oxygens (including phenoxy) is 24. The topological polar surface area (TPSA) is 324 Å². The molecule has 0 unspecified atom stereocenters. The molecule has 0 aliphatic carbocycles. The third kappa shape index (κ3) is 9.67. The molecule has 30 nitrogen and oxygen atoms in total. The van der Waals surface area contributed by atoms with E-state index in [9.17, 15) is 28.8 Å². The Hall–Kier alpha value is -3.90. The van der Waals surface area contributed by atoms with Crippen molar-refractivity contribution in [2.24, 2.45) is 0 Å². The van der Waals surface area contributed by atoms with Crippen LogP contribution in [0.15, 0.2) is 0 Å². The van der Waals surface area contributed by atoms with Gasteiger partial charge in [-0.15, -0.1) is 0 Å². The minimum atomic E-state index is -1.33. The Kier molecular flexibility index (Phi) is 14.5. The van der Waals surface area contributed by atoms with E-state index in [2.05, 4.69) is 0 Å². The highest BCUT2D eigenvalue weighted by Crippen LogP contribution is 2.47. The van der Waals surface area contributed by atoms with E-state index in [1.807, 2.05) is 0 Å². The van der Waals surface area contributed by atoms with E-state index >= 15 is 0 Å². The van der Waals surface area contributed by atoms with Crippen LogP contribution in [0.25, 0.3) is 0 Å². The van der Waals surface area contributed by atoms with Gasteiger partial charge in [0, 0.05) is 41.5 Å². The molecule has 30 saturated heterocycles. The molecular weight excluding hydrogens is 1060 g/mol. The Morgan fingerprint density at radius 1 is 0.231 bits per heavy atom. The number of esters is 6. The fourth-order valence-corrected chi connectivity index (χ4v) is 12.9. The molecule has 30 atom stereocenters. The number of hydrogen-bond donors (Lipinski definition) is 0. The van der Waals surface area contributed by atoms with Gasteiger partial charge < -0.3 is 114 Å². The molecule has 30 fully saturated rings. The van der Waals surface area contributed by atoms with E-state index in [1.54, 1.807) is 0 Å². The van der Waals surface area contributed by atoms with Crippen molar-refractivity contribution in [3.63, 3.8) is 0 Å². The average Bonchev–Trinajstić information content (AvgIpc) is 4.33. The van der Waals surface area contributed by atoms with Gasteiger partial charge in [-0.25, -0.2) is 0 Å². The van der Waals surface area contributed by atoms with Gasteiger partial charge in [0.25, 0.3) is 0 Å². The maximum atomic E-state index is 12.8. The number of carbonyl (C=O) groups excluding carboxylic acids is 6. The van der Waals surface area contributed by atoms with Crippen molar-refractivity contribution in [2.45, 2.75) is 226 Å². The first-order valence-electron chi connectivity index (χ1n) is 26.1. The lowest BCUT2D eigenvalue weighted by atomic mass is 9.97. The molecule has 30 aliphatic heterocycles. The second-order valence-corrected chi connectivity index (χ2v) is 21.1. The Morgan fingerprint density at radius 3 is 0.500 bits per heavy atom. The number of hydrogen-bond acceptors (Lipinski definition) is 30. The van der Waals surface area contributed by atoms with Crippen LogP contribution in [0, 0.1) is 0 Å². The minimum Gasteiger partial charge on any atom is -0.454 e. The maximum Gasteiger partial charge on any atom is 0.303 e. The Bertz CT molecular complexity index is 1920. The first-order chi connectivity index (χ1) is 37.5. The van der Waals surface area contributed by atoms with Crippen molar-refractivity contribution >= 4 is 35.8 Å². The van der Waals surface area contributed by atoms with Gasteiger partial charge in [-0.2, -0.15) is 0 Å². The zero-order valence-electron chi connectivity index (χ0n) is 42.8. The summed E-state index contributed by atoms with van der Waals surface area (Å²) in [4.78, 5) is 76.9. The minimum absolute atomic E-state index is 0.0594. The number of carbonyl (C=O) groups is 6. The summed E-state index contributed by atoms with van der Waals surface area (Å²) in [7, 11) is 0. The molecule has 30 rings (SSSR count). The molecule has 30 heteroatoms. The first-order valence-corrected chi connectivity index (χ1v) is 26.1. The van der Waals surface area contributed by atoms with Crippen LogP contribution in [0.4, 0.5) is 0 Å². The Labute approximate surface area is 443 Å². The van der Waals surface area contributed by atoms with Crippen LogP contribution in [0.3, 0.4) is 0 Å². The summed E-state index contributed by atoms with van der Waals surface area (Å²) in [5, 5.41) is 0. The lowest BCUT2D eigenvalue weighted by Gasteiger charge is -2.47. The summed E-state index contributed by atoms with van der Waals surface area (Å²) < 4.78 is 151. The van der Waals surface area contributed by atoms with Crippen molar-refractivity contribution in [2.75, 3.05) is 39.6 Å². The van der Waals surface area contributed by atoms with Crippen molar-refractivity contribution in [3.8, 4) is 0 Å². The first kappa shape index (κ1) is 53.4. The van der Waals surface area contributed by atoms with E-state index in [0.29, 0.717) is 0 Å². The van der Waals surface area contributed by atoms with E-state index in [1.165, 1.54) is 41.5 Å². The molecule has 78 heavy (non-hydrogen) atoms. The van der Waals surface area contributed by atoms with E-state index in [0.717, 1.165) is 0 Å². The Balaban J connectivity index is 0.838. The molecule has 0 spiro atoms. The zero-order valence-corrected chi connectivity index (χ0v) is 42.8. The standard InChI is InChI=1S/C48H60O30/c1-13(49)61-37-31-25-19(7-55-31)67-43(37)73-26-20-8-56-32(26)38(62-14(2)50)45(68-20)75-28-22-10-58-34(28)40(64-16(4)52)47(70-22)77-30-24-12-60-36(30)42(66-18(6)54)48(72-24)78-29-23-11-59-35(29)41(65-17(5)53)46(71-23)76-27-21-9-57-33(27)39(63-15(3)51)44(69-21)74-25/h19-48H,7-12H2,1-6H3/t19-,20-,21-,22-,23-,24-,25-,26-,27-,28-,29-,30-,31+,32+,33+,34+,35+,36+,37-,38-,39-,40-,41-,42-,43-,44-,45-,46-,47-,48-/m1/s1. The second kappa shape index (κ2) is 21.1. The van der Waals surface area contributed by atoms with Crippen molar-refractivity contribution in [1.29, 1.82) is 0 Å². The van der Waals surface area contributed by atoms with E-state index in [-0.39, 0.29) is 39.6 Å². The Morgan fingerprint density at radius 2 is 0.372 bits per heavy atom. The van der Waals surface area contributed by atoms with E-state index in [4.69, 9.17) is 114 Å². The predicted molar refractivity (Wildman–Crippen MR) is 233 cm³/mol. The summed E-state index contributed by atoms with van der Waals surface area (Å²) in [5.74, 6) is -4.26. The highest BCUT2D eigenvalue weighted by molar-refractivity contribution is 5.68. The molecule has 0 N–H and O–H groups in total. The summed E-state index contributed by atoms with van der Waals surface area (Å²) in [6.07, 6.45) is -33.4. The van der Waals surface area contributed by atoms with Gasteiger partial charge in [-0.1, -0.05) is 0 Å². The molecule has 432 valence electrons. The van der Waals surface area contributed by atoms with E-state index < -0.39 is 220 Å². The fourth-order valence-electron chi connectivity index (χ4n) is 12.9. The smallest absolute Gasteiger partial charge is 0.303 e. The van der Waals surface area contributed by atoms with Crippen LogP contribution < -0.4 is 0 Å². The van der Waals surface area contributed by atoms with Gasteiger partial charge in [-0.3, -0.25) is 28.8 Å². The van der Waals surface area contributed by atoms with Crippen LogP contribution in [0.5, 0.6) is 0 Å². The van der Waals surface area contributed by atoms with Gasteiger partial charge in [-0.05, 0) is 0 Å². The molecule has 0 aromatic heterocycles. The maximum absolute atomic E-state index is 12.8. The quantitative estimate of drug-likeness (QED) is 0.185. The van der Waals surface area contributed by atoms with Crippen molar-refractivity contribution in [3.05, 3.63) is 0 Å². The normalized spacial score (nSPS) is 51.3. The SMILES string of the molecule is CC(=O)O[C@H]1[C@H]2O[C@H]3[C@@H]4OC[C@H]3O[C@H](O[C@H]3[C@@H]5OC[C@H]3O[C@H](O[C@H]3[C@@H]6OC[C@H]3O[C@H](O[C@H]3[C@@H]7OC[C@H]3O[C@H](O[C@H]3[C@@H]8OC[C@H]3O[C@H](O[C@H]3[C@@H]1OC[C@H]3O2)[C@@H]8OC(C)=O)[C@@H]7OC(C)=O)[C@@H]6OC(C)=O)[C@@H]5OC(C)=O)[C@@H]4OC(C)=O. The lowest BCUT2D eigenvalue weighted by molar-refractivity contribution is -0.367. The highest BCUT2D eigenvalue weighted by Gasteiger charge is 2.67. The van der Waals surface area contributed by atoms with Crippen LogP contribution >= 0.6 is 0 Å². The fraction of sp³-hybridized carbons (Fsp3) is 0.875. The molecule has 0 aromatic carbocycles. The van der Waals surface area contributed by atoms with Crippen LogP contribution in [0.2, 0.25) is 0 Å². The second-order valence-electron chi connectivity index (χ2n) is 21.1. The van der Waals surface area contributed by atoms with Gasteiger partial charge >= 0.3 is 35.8 Å². The summed E-state index contributed by atoms with van der Waals surface area (Å²) in [6.45, 7) is 6.84. The summed E-state index contributed by atoms with van der Waals surface area (Å²) in [6, 6.07) is 0. The molecule has 30 heterocycles. The van der Waals surface area contributed by atoms with Gasteiger partial charge in [0.15, 0.2) is 74.4 Å². The van der Waals surface area contributed by atoms with Crippen molar-refractivity contribution in [1.82, 2.24) is 0 Å². The molecule has 0 amide bonds. The highest BCUT2D eigenvalue weighted by atomic mass is 16.8. The van der Waals surface area contributed by atoms with Crippen molar-refractivity contribution < 1.29 is 142 Å². The molecule has 0 aromatic rings. The zero-order chi connectivity index (χ0) is 54.0. The molecule has 0 radical (unpaired) electrons. The van der Waals surface area contributed by atoms with Gasteiger partial charge in [0.2, 0.25) is 0 Å². The average molecular weight is 1120 g/mol. The molecule has 30 aliphatic rings. The molecular formula is C48H60O30. The summed E-state index contributed by atoms with van der Waals surface area (Å²) >= 11 is 0. The number of rotatable bonds is 6. The third-order valence-electron chi connectivity index (χ3n) is 15.8. The van der Waals surface area contributed by atoms with Gasteiger partial charge in [0.1, 0.15) is 110 Å². The summed E-state index contributed by atoms with van der Waals surface area (Å²) in [5.41, 5.74) is 0. The third-order valence-corrected chi connectivity index (χ3v) is 15.8. The molecule has 24 bridgehead atoms. The monoisotopic (exact) mass is 1120 g/mol. The van der Waals surface area contributed by atoms with Crippen LogP contribution in [-0.2, 0) is 142 Å². The van der Waals surface area contributed by atoms with Crippen LogP contribution in [0.1, 0.15) is 41.5 Å². The van der Waals surface area contributed by atoms with Crippen LogP contribution in [-0.4, -0.2) is 260 Å². The van der Waals surface area contributed by atoms with Gasteiger partial charge in [0.05, 0.1) is 39.6 Å². The lowest BCUT2D eigenvalue weighted by Crippen LogP contribution is -2.65.